The molecule has 0 atom stereocenters. The predicted octanol–water partition coefficient (Wildman–Crippen LogP) is 2.43. The third-order valence-corrected chi connectivity index (χ3v) is 2.15. The summed E-state index contributed by atoms with van der Waals surface area (Å²) >= 11 is 0. The summed E-state index contributed by atoms with van der Waals surface area (Å²) < 4.78 is 5.17. The zero-order valence-corrected chi connectivity index (χ0v) is 7.70. The highest BCUT2D eigenvalue weighted by Gasteiger charge is 2.19. The molecule has 1 fully saturated rings. The van der Waals surface area contributed by atoms with Crippen molar-refractivity contribution in [2.45, 2.75) is 25.3 Å². The van der Waals surface area contributed by atoms with Gasteiger partial charge in [-0.15, -0.1) is 0 Å². The van der Waals surface area contributed by atoms with Crippen LogP contribution < -0.4 is 5.32 Å². The van der Waals surface area contributed by atoms with Gasteiger partial charge in [0.25, 0.3) is 0 Å². The van der Waals surface area contributed by atoms with Gasteiger partial charge in [-0.3, -0.25) is 0 Å². The highest BCUT2D eigenvalue weighted by molar-refractivity contribution is 5.41. The van der Waals surface area contributed by atoms with Crippen molar-refractivity contribution in [2.24, 2.45) is 0 Å². The average Bonchev–Trinajstić information content (AvgIpc) is 2.81. The number of hydrogen-bond acceptors (Lipinski definition) is 2. The molecule has 13 heavy (non-hydrogen) atoms. The van der Waals surface area contributed by atoms with Gasteiger partial charge in [0.15, 0.2) is 0 Å². The molecule has 2 heteroatoms. The van der Waals surface area contributed by atoms with Crippen LogP contribution in [0.25, 0.3) is 6.08 Å². The molecule has 0 bridgehead atoms. The fourth-order valence-electron chi connectivity index (χ4n) is 1.24. The van der Waals surface area contributed by atoms with Crippen molar-refractivity contribution in [3.63, 3.8) is 0 Å². The molecule has 0 saturated heterocycles. The van der Waals surface area contributed by atoms with Crippen LogP contribution >= 0.6 is 0 Å². The van der Waals surface area contributed by atoms with Crippen molar-refractivity contribution in [3.8, 4) is 0 Å². The Labute approximate surface area is 78.6 Å². The second-order valence-electron chi connectivity index (χ2n) is 3.43. The van der Waals surface area contributed by atoms with Gasteiger partial charge in [0.1, 0.15) is 5.76 Å². The predicted molar refractivity (Wildman–Crippen MR) is 53.4 cm³/mol. The smallest absolute Gasteiger partial charge is 0.126 e. The van der Waals surface area contributed by atoms with Crippen molar-refractivity contribution in [2.75, 3.05) is 6.54 Å². The van der Waals surface area contributed by atoms with Gasteiger partial charge in [-0.25, -0.2) is 0 Å². The summed E-state index contributed by atoms with van der Waals surface area (Å²) in [6.07, 6.45) is 9.67. The van der Waals surface area contributed by atoms with E-state index in [1.54, 1.807) is 6.26 Å². The minimum Gasteiger partial charge on any atom is -0.465 e. The summed E-state index contributed by atoms with van der Waals surface area (Å²) in [7, 11) is 0. The van der Waals surface area contributed by atoms with Gasteiger partial charge < -0.3 is 9.73 Å². The topological polar surface area (TPSA) is 25.2 Å². The van der Waals surface area contributed by atoms with Gasteiger partial charge in [0.2, 0.25) is 0 Å². The lowest BCUT2D eigenvalue weighted by Gasteiger charge is -1.96. The average molecular weight is 177 g/mol. The first-order chi connectivity index (χ1) is 6.45. The molecule has 1 aliphatic carbocycles. The lowest BCUT2D eigenvalue weighted by molar-refractivity contribution is 0.556. The number of hydrogen-bond donors (Lipinski definition) is 1. The van der Waals surface area contributed by atoms with E-state index in [4.69, 9.17) is 4.42 Å². The minimum absolute atomic E-state index is 0.817. The number of nitrogens with one attached hydrogen (secondary N) is 1. The Morgan fingerprint density at radius 2 is 2.46 bits per heavy atom. The summed E-state index contributed by atoms with van der Waals surface area (Å²) in [4.78, 5) is 0. The second kappa shape index (κ2) is 4.28. The van der Waals surface area contributed by atoms with E-state index in [1.807, 2.05) is 18.2 Å². The van der Waals surface area contributed by atoms with Crippen molar-refractivity contribution in [1.29, 1.82) is 0 Å². The van der Waals surface area contributed by atoms with E-state index in [0.29, 0.717) is 0 Å². The molecule has 0 aliphatic heterocycles. The molecule has 1 aromatic rings. The summed E-state index contributed by atoms with van der Waals surface area (Å²) in [5, 5.41) is 3.45. The third-order valence-electron chi connectivity index (χ3n) is 2.15. The Morgan fingerprint density at radius 1 is 1.54 bits per heavy atom. The zero-order chi connectivity index (χ0) is 8.93. The SMILES string of the molecule is C(=Cc1ccco1)CCNC1CC1. The fraction of sp³-hybridized carbons (Fsp3) is 0.455. The molecule has 0 spiro atoms. The lowest BCUT2D eigenvalue weighted by atomic mass is 10.3. The molecule has 0 radical (unpaired) electrons. The quantitative estimate of drug-likeness (QED) is 0.699. The summed E-state index contributed by atoms with van der Waals surface area (Å²) in [6.45, 7) is 1.09. The summed E-state index contributed by atoms with van der Waals surface area (Å²) in [5.74, 6) is 0.937. The molecular weight excluding hydrogens is 162 g/mol. The molecular formula is C11H15NO. The second-order valence-corrected chi connectivity index (χ2v) is 3.43. The van der Waals surface area contributed by atoms with E-state index < -0.39 is 0 Å². The minimum atomic E-state index is 0.817. The van der Waals surface area contributed by atoms with Crippen LogP contribution in [0, 0.1) is 0 Å². The van der Waals surface area contributed by atoms with Crippen LogP contribution in [0.5, 0.6) is 0 Å². The first-order valence-electron chi connectivity index (χ1n) is 4.88. The number of rotatable bonds is 5. The highest BCUT2D eigenvalue weighted by atomic mass is 16.3. The molecule has 2 rings (SSSR count). The van der Waals surface area contributed by atoms with E-state index in [-0.39, 0.29) is 0 Å². The Hall–Kier alpha value is -1.02. The van der Waals surface area contributed by atoms with Crippen LogP contribution in [0.4, 0.5) is 0 Å². The van der Waals surface area contributed by atoms with E-state index in [0.717, 1.165) is 24.8 Å². The largest absolute Gasteiger partial charge is 0.465 e. The monoisotopic (exact) mass is 177 g/mol. The molecule has 70 valence electrons. The van der Waals surface area contributed by atoms with Crippen molar-refractivity contribution in [3.05, 3.63) is 30.2 Å². The summed E-state index contributed by atoms with van der Waals surface area (Å²) in [6, 6.07) is 4.68. The maximum absolute atomic E-state index is 5.17. The van der Waals surface area contributed by atoms with Crippen LogP contribution in [0.3, 0.4) is 0 Å². The van der Waals surface area contributed by atoms with Crippen LogP contribution in [0.1, 0.15) is 25.0 Å². The van der Waals surface area contributed by atoms with Crippen LogP contribution in [0.15, 0.2) is 28.9 Å². The molecule has 1 saturated carbocycles. The summed E-state index contributed by atoms with van der Waals surface area (Å²) in [5.41, 5.74) is 0. The molecule has 1 aliphatic rings. The van der Waals surface area contributed by atoms with Gasteiger partial charge in [0.05, 0.1) is 6.26 Å². The van der Waals surface area contributed by atoms with Gasteiger partial charge in [0, 0.05) is 6.04 Å². The first-order valence-corrected chi connectivity index (χ1v) is 4.88. The zero-order valence-electron chi connectivity index (χ0n) is 7.70. The maximum Gasteiger partial charge on any atom is 0.126 e. The third kappa shape index (κ3) is 3.07. The number of furan rings is 1. The van der Waals surface area contributed by atoms with Gasteiger partial charge >= 0.3 is 0 Å². The standard InChI is InChI=1S/C11H15NO/c1(2-8-12-10-6-7-10)4-11-5-3-9-13-11/h1,3-5,9-10,12H,2,6-8H2. The highest BCUT2D eigenvalue weighted by Crippen LogP contribution is 2.18. The Balaban J connectivity index is 1.61. The van der Waals surface area contributed by atoms with Crippen molar-refractivity contribution < 1.29 is 4.42 Å². The van der Waals surface area contributed by atoms with Gasteiger partial charge in [-0.05, 0) is 44.0 Å². The van der Waals surface area contributed by atoms with Gasteiger partial charge in [-0.1, -0.05) is 6.08 Å². The van der Waals surface area contributed by atoms with E-state index in [1.165, 1.54) is 12.8 Å². The van der Waals surface area contributed by atoms with E-state index in [2.05, 4.69) is 11.4 Å². The van der Waals surface area contributed by atoms with Crippen LogP contribution in [-0.4, -0.2) is 12.6 Å². The van der Waals surface area contributed by atoms with E-state index in [9.17, 15) is 0 Å². The molecule has 2 nitrogen and oxygen atoms in total. The van der Waals surface area contributed by atoms with Crippen LogP contribution in [-0.2, 0) is 0 Å². The Morgan fingerprint density at radius 3 is 3.15 bits per heavy atom. The van der Waals surface area contributed by atoms with Gasteiger partial charge in [-0.2, -0.15) is 0 Å². The normalized spacial score (nSPS) is 16.9. The molecule has 1 aromatic heterocycles. The Kier molecular flexibility index (Phi) is 2.82. The molecule has 1 heterocycles. The molecule has 0 unspecified atom stereocenters. The van der Waals surface area contributed by atoms with Crippen molar-refractivity contribution >= 4 is 6.08 Å². The maximum atomic E-state index is 5.17. The van der Waals surface area contributed by atoms with E-state index >= 15 is 0 Å². The fourth-order valence-corrected chi connectivity index (χ4v) is 1.24. The molecule has 0 aromatic carbocycles. The lowest BCUT2D eigenvalue weighted by Crippen LogP contribution is -2.16. The molecule has 1 N–H and O–H groups in total. The Bertz CT molecular complexity index is 260. The van der Waals surface area contributed by atoms with Crippen LogP contribution in [0.2, 0.25) is 0 Å². The van der Waals surface area contributed by atoms with Crippen molar-refractivity contribution in [1.82, 2.24) is 5.32 Å². The molecule has 0 amide bonds. The first kappa shape index (κ1) is 8.57.